The third-order valence-corrected chi connectivity index (χ3v) is 6.09. The molecular formula is C27H32N4O2. The fraction of sp³-hybridized carbons (Fsp3) is 0.407. The monoisotopic (exact) mass is 444 g/mol. The molecule has 1 N–H and O–H groups in total. The number of fused-ring (bicyclic) bond motifs is 1. The van der Waals surface area contributed by atoms with E-state index in [0.29, 0.717) is 25.3 Å². The lowest BCUT2D eigenvalue weighted by molar-refractivity contribution is -0.122. The topological polar surface area (TPSA) is 77.0 Å². The molecule has 172 valence electrons. The summed E-state index contributed by atoms with van der Waals surface area (Å²) in [6, 6.07) is 9.88. The SMILES string of the molecule is Cc1ccc(OCCCC(=O)N[C@H]2CC(C)(C)Cc3nc(-c4ccncc4)ncc32)c(C)c1. The van der Waals surface area contributed by atoms with Gasteiger partial charge < -0.3 is 10.1 Å². The Balaban J connectivity index is 1.38. The van der Waals surface area contributed by atoms with E-state index in [9.17, 15) is 4.79 Å². The van der Waals surface area contributed by atoms with Crippen LogP contribution in [0.15, 0.2) is 48.9 Å². The number of rotatable bonds is 7. The molecule has 1 aromatic carbocycles. The molecule has 1 amide bonds. The van der Waals surface area contributed by atoms with Crippen LogP contribution < -0.4 is 10.1 Å². The van der Waals surface area contributed by atoms with Crippen LogP contribution >= 0.6 is 0 Å². The predicted octanol–water partition coefficient (Wildman–Crippen LogP) is 5.14. The third-order valence-electron chi connectivity index (χ3n) is 6.09. The Morgan fingerprint density at radius 1 is 1.18 bits per heavy atom. The van der Waals surface area contributed by atoms with Crippen LogP contribution in [-0.2, 0) is 11.2 Å². The molecule has 0 bridgehead atoms. The second-order valence-electron chi connectivity index (χ2n) is 9.72. The molecule has 2 aromatic heterocycles. The molecule has 0 saturated carbocycles. The molecule has 6 heteroatoms. The first-order chi connectivity index (χ1) is 15.8. The number of aromatic nitrogens is 3. The Morgan fingerprint density at radius 3 is 2.73 bits per heavy atom. The van der Waals surface area contributed by atoms with Gasteiger partial charge in [-0.05, 0) is 62.3 Å². The molecule has 2 heterocycles. The molecule has 0 fully saturated rings. The van der Waals surface area contributed by atoms with Gasteiger partial charge in [0.1, 0.15) is 5.75 Å². The molecule has 1 aliphatic rings. The normalized spacial score (nSPS) is 16.7. The third kappa shape index (κ3) is 5.75. The van der Waals surface area contributed by atoms with Crippen LogP contribution in [0.5, 0.6) is 5.75 Å². The molecule has 0 saturated heterocycles. The van der Waals surface area contributed by atoms with Gasteiger partial charge in [-0.1, -0.05) is 31.5 Å². The van der Waals surface area contributed by atoms with Crippen molar-refractivity contribution in [3.63, 3.8) is 0 Å². The molecule has 33 heavy (non-hydrogen) atoms. The first kappa shape index (κ1) is 22.9. The van der Waals surface area contributed by atoms with Crippen molar-refractivity contribution in [2.24, 2.45) is 5.41 Å². The standard InChI is InChI=1S/C27H32N4O2/c1-18-7-8-24(19(2)14-18)33-13-5-6-25(32)30-22-15-27(3,4)16-23-21(22)17-29-26(31-23)20-9-11-28-12-10-20/h7-12,14,17,22H,5-6,13,15-16H2,1-4H3,(H,30,32)/t22-/m0/s1. The van der Waals surface area contributed by atoms with Crippen LogP contribution in [0.3, 0.4) is 0 Å². The Morgan fingerprint density at radius 2 is 1.97 bits per heavy atom. The molecule has 0 aliphatic heterocycles. The largest absolute Gasteiger partial charge is 0.493 e. The minimum atomic E-state index is -0.0806. The molecular weight excluding hydrogens is 412 g/mol. The van der Waals surface area contributed by atoms with E-state index in [2.05, 4.69) is 42.1 Å². The number of nitrogens with zero attached hydrogens (tertiary/aromatic N) is 3. The maximum absolute atomic E-state index is 12.7. The van der Waals surface area contributed by atoms with Gasteiger partial charge in [-0.15, -0.1) is 0 Å². The van der Waals surface area contributed by atoms with E-state index in [-0.39, 0.29) is 17.4 Å². The first-order valence-corrected chi connectivity index (χ1v) is 11.6. The lowest BCUT2D eigenvalue weighted by Gasteiger charge is -2.36. The summed E-state index contributed by atoms with van der Waals surface area (Å²) in [7, 11) is 0. The average Bonchev–Trinajstić information content (AvgIpc) is 2.77. The van der Waals surface area contributed by atoms with Gasteiger partial charge in [0.05, 0.1) is 18.3 Å². The zero-order chi connectivity index (χ0) is 23.4. The van der Waals surface area contributed by atoms with Crippen molar-refractivity contribution >= 4 is 5.91 Å². The van der Waals surface area contributed by atoms with Gasteiger partial charge in [0.15, 0.2) is 5.82 Å². The fourth-order valence-electron chi connectivity index (χ4n) is 4.46. The molecule has 4 rings (SSSR count). The van der Waals surface area contributed by atoms with Crippen LogP contribution in [0.2, 0.25) is 0 Å². The number of hydrogen-bond acceptors (Lipinski definition) is 5. The van der Waals surface area contributed by atoms with E-state index in [0.717, 1.165) is 41.0 Å². The number of amides is 1. The number of hydrogen-bond donors (Lipinski definition) is 1. The highest BCUT2D eigenvalue weighted by atomic mass is 16.5. The lowest BCUT2D eigenvalue weighted by atomic mass is 9.74. The summed E-state index contributed by atoms with van der Waals surface area (Å²) < 4.78 is 5.87. The predicted molar refractivity (Wildman–Crippen MR) is 129 cm³/mol. The highest BCUT2D eigenvalue weighted by Gasteiger charge is 2.34. The second kappa shape index (κ2) is 9.69. The number of carbonyl (C=O) groups is 1. The molecule has 6 nitrogen and oxygen atoms in total. The molecule has 1 aliphatic carbocycles. The van der Waals surface area contributed by atoms with Gasteiger partial charge in [0, 0.05) is 36.1 Å². The maximum Gasteiger partial charge on any atom is 0.220 e. The molecule has 1 atom stereocenters. The summed E-state index contributed by atoms with van der Waals surface area (Å²) in [6.45, 7) is 9.07. The smallest absolute Gasteiger partial charge is 0.220 e. The van der Waals surface area contributed by atoms with Crippen molar-refractivity contribution in [1.29, 1.82) is 0 Å². The minimum Gasteiger partial charge on any atom is -0.493 e. The highest BCUT2D eigenvalue weighted by Crippen LogP contribution is 2.40. The van der Waals surface area contributed by atoms with Crippen molar-refractivity contribution in [3.8, 4) is 17.1 Å². The molecule has 0 radical (unpaired) electrons. The van der Waals surface area contributed by atoms with Gasteiger partial charge in [-0.2, -0.15) is 0 Å². The van der Waals surface area contributed by atoms with Gasteiger partial charge in [0.2, 0.25) is 5.91 Å². The molecule has 0 unspecified atom stereocenters. The quantitative estimate of drug-likeness (QED) is 0.510. The van der Waals surface area contributed by atoms with Crippen LogP contribution in [0.25, 0.3) is 11.4 Å². The van der Waals surface area contributed by atoms with Crippen LogP contribution in [-0.4, -0.2) is 27.5 Å². The van der Waals surface area contributed by atoms with Gasteiger partial charge in [-0.25, -0.2) is 9.97 Å². The summed E-state index contributed by atoms with van der Waals surface area (Å²) in [5.41, 5.74) is 5.35. The summed E-state index contributed by atoms with van der Waals surface area (Å²) >= 11 is 0. The Kier molecular flexibility index (Phi) is 6.72. The molecule has 0 spiro atoms. The Hall–Kier alpha value is -3.28. The van der Waals surface area contributed by atoms with Crippen molar-refractivity contribution in [1.82, 2.24) is 20.3 Å². The fourth-order valence-corrected chi connectivity index (χ4v) is 4.46. The second-order valence-corrected chi connectivity index (χ2v) is 9.72. The lowest BCUT2D eigenvalue weighted by Crippen LogP contribution is -2.37. The van der Waals surface area contributed by atoms with Crippen LogP contribution in [0.4, 0.5) is 0 Å². The number of ether oxygens (including phenoxy) is 1. The average molecular weight is 445 g/mol. The minimum absolute atomic E-state index is 0.0334. The van der Waals surface area contributed by atoms with Gasteiger partial charge >= 0.3 is 0 Å². The van der Waals surface area contributed by atoms with Crippen LogP contribution in [0, 0.1) is 19.3 Å². The van der Waals surface area contributed by atoms with E-state index >= 15 is 0 Å². The zero-order valence-electron chi connectivity index (χ0n) is 19.9. The number of benzene rings is 1. The maximum atomic E-state index is 12.7. The van der Waals surface area contributed by atoms with Crippen molar-refractivity contribution in [3.05, 3.63) is 71.3 Å². The van der Waals surface area contributed by atoms with Crippen molar-refractivity contribution < 1.29 is 9.53 Å². The number of aryl methyl sites for hydroxylation is 2. The van der Waals surface area contributed by atoms with Gasteiger partial charge in [-0.3, -0.25) is 9.78 Å². The van der Waals surface area contributed by atoms with Crippen LogP contribution in [0.1, 0.15) is 61.5 Å². The number of pyridine rings is 1. The zero-order valence-corrected chi connectivity index (χ0v) is 19.9. The summed E-state index contributed by atoms with van der Waals surface area (Å²) in [5.74, 6) is 1.61. The summed E-state index contributed by atoms with van der Waals surface area (Å²) in [4.78, 5) is 26.2. The van der Waals surface area contributed by atoms with E-state index in [4.69, 9.17) is 9.72 Å². The van der Waals surface area contributed by atoms with Crippen molar-refractivity contribution in [2.75, 3.05) is 6.61 Å². The van der Waals surface area contributed by atoms with E-state index < -0.39 is 0 Å². The van der Waals surface area contributed by atoms with E-state index in [1.807, 2.05) is 37.4 Å². The Bertz CT molecular complexity index is 1130. The first-order valence-electron chi connectivity index (χ1n) is 11.6. The number of carbonyl (C=O) groups excluding carboxylic acids is 1. The van der Waals surface area contributed by atoms with E-state index in [1.54, 1.807) is 12.4 Å². The highest BCUT2D eigenvalue weighted by molar-refractivity contribution is 5.76. The molecule has 3 aromatic rings. The van der Waals surface area contributed by atoms with Gasteiger partial charge in [0.25, 0.3) is 0 Å². The van der Waals surface area contributed by atoms with Crippen molar-refractivity contribution in [2.45, 2.75) is 59.4 Å². The Labute approximate surface area is 195 Å². The summed E-state index contributed by atoms with van der Waals surface area (Å²) in [6.07, 6.45) is 8.18. The van der Waals surface area contributed by atoms with E-state index in [1.165, 1.54) is 5.56 Å². The number of nitrogens with one attached hydrogen (secondary N) is 1. The summed E-state index contributed by atoms with van der Waals surface area (Å²) in [5, 5.41) is 3.22.